The minimum absolute atomic E-state index is 0.0138. The average Bonchev–Trinajstić information content (AvgIpc) is 3.07. The van der Waals surface area contributed by atoms with E-state index in [1.165, 1.54) is 6.20 Å². The van der Waals surface area contributed by atoms with Crippen molar-refractivity contribution in [3.63, 3.8) is 0 Å². The lowest BCUT2D eigenvalue weighted by Gasteiger charge is -2.32. The topological polar surface area (TPSA) is 75.4 Å². The molecule has 0 spiro atoms. The second kappa shape index (κ2) is 6.65. The van der Waals surface area contributed by atoms with Crippen molar-refractivity contribution in [2.75, 3.05) is 13.1 Å². The van der Waals surface area contributed by atoms with Gasteiger partial charge in [0.25, 0.3) is 5.91 Å². The van der Waals surface area contributed by atoms with Crippen molar-refractivity contribution in [2.24, 2.45) is 0 Å². The molecule has 1 amide bonds. The number of rotatable bonds is 3. The Hall–Kier alpha value is -2.34. The highest BCUT2D eigenvalue weighted by molar-refractivity contribution is 6.31. The largest absolute Gasteiger partial charge is 0.478 e. The Labute approximate surface area is 144 Å². The highest BCUT2D eigenvalue weighted by Gasteiger charge is 2.26. The van der Waals surface area contributed by atoms with E-state index in [1.807, 2.05) is 17.9 Å². The van der Waals surface area contributed by atoms with Gasteiger partial charge in [0.15, 0.2) is 0 Å². The van der Waals surface area contributed by atoms with Gasteiger partial charge in [-0.2, -0.15) is 5.10 Å². The molecule has 0 unspecified atom stereocenters. The Kier molecular flexibility index (Phi) is 4.57. The molecule has 1 saturated heterocycles. The van der Waals surface area contributed by atoms with Crippen molar-refractivity contribution in [2.45, 2.75) is 25.8 Å². The number of hydrogen-bond donors (Lipinski definition) is 1. The fraction of sp³-hybridized carbons (Fsp3) is 0.353. The molecule has 0 saturated carbocycles. The number of carboxylic acids is 1. The molecule has 7 heteroatoms. The molecule has 126 valence electrons. The number of benzene rings is 1. The summed E-state index contributed by atoms with van der Waals surface area (Å²) in [7, 11) is 0. The summed E-state index contributed by atoms with van der Waals surface area (Å²) in [5, 5.41) is 13.7. The molecule has 0 bridgehead atoms. The van der Waals surface area contributed by atoms with E-state index in [1.54, 1.807) is 23.0 Å². The van der Waals surface area contributed by atoms with E-state index in [0.717, 1.165) is 18.4 Å². The minimum Gasteiger partial charge on any atom is -0.478 e. The fourth-order valence-corrected chi connectivity index (χ4v) is 3.15. The SMILES string of the molecule is Cc1ccc(Cl)cc1C(=O)N1CCC(n2cc(C(=O)O)cn2)CC1. The zero-order chi connectivity index (χ0) is 17.3. The minimum atomic E-state index is -0.981. The van der Waals surface area contributed by atoms with Crippen LogP contribution in [0.4, 0.5) is 0 Å². The number of halogens is 1. The number of carboxylic acid groups (broad SMARTS) is 1. The van der Waals surface area contributed by atoms with Crippen LogP contribution < -0.4 is 0 Å². The number of amides is 1. The van der Waals surface area contributed by atoms with Crippen molar-refractivity contribution in [3.05, 3.63) is 52.3 Å². The maximum Gasteiger partial charge on any atom is 0.338 e. The first kappa shape index (κ1) is 16.5. The van der Waals surface area contributed by atoms with Crippen LogP contribution in [0.1, 0.15) is 45.2 Å². The second-order valence-electron chi connectivity index (χ2n) is 6.00. The lowest BCUT2D eigenvalue weighted by Crippen LogP contribution is -2.39. The fourth-order valence-electron chi connectivity index (χ4n) is 2.98. The third-order valence-corrected chi connectivity index (χ3v) is 4.64. The van der Waals surface area contributed by atoms with Gasteiger partial charge in [-0.05, 0) is 37.5 Å². The van der Waals surface area contributed by atoms with E-state index in [-0.39, 0.29) is 17.5 Å². The molecule has 0 atom stereocenters. The van der Waals surface area contributed by atoms with Crippen LogP contribution in [0.25, 0.3) is 0 Å². The van der Waals surface area contributed by atoms with Crippen LogP contribution in [-0.4, -0.2) is 44.8 Å². The number of aryl methyl sites for hydroxylation is 1. The van der Waals surface area contributed by atoms with Crippen molar-refractivity contribution >= 4 is 23.5 Å². The Morgan fingerprint density at radius 1 is 1.29 bits per heavy atom. The summed E-state index contributed by atoms with van der Waals surface area (Å²) in [4.78, 5) is 25.4. The molecule has 0 aliphatic carbocycles. The van der Waals surface area contributed by atoms with Gasteiger partial charge >= 0.3 is 5.97 Å². The van der Waals surface area contributed by atoms with Crippen LogP contribution in [0.3, 0.4) is 0 Å². The van der Waals surface area contributed by atoms with E-state index in [0.29, 0.717) is 23.7 Å². The van der Waals surface area contributed by atoms with Gasteiger partial charge in [-0.1, -0.05) is 17.7 Å². The number of carbonyl (C=O) groups excluding carboxylic acids is 1. The lowest BCUT2D eigenvalue weighted by atomic mass is 10.0. The monoisotopic (exact) mass is 347 g/mol. The number of piperidine rings is 1. The van der Waals surface area contributed by atoms with Crippen LogP contribution in [0.15, 0.2) is 30.6 Å². The molecule has 6 nitrogen and oxygen atoms in total. The van der Waals surface area contributed by atoms with Gasteiger partial charge in [0.2, 0.25) is 0 Å². The number of carbonyl (C=O) groups is 2. The second-order valence-corrected chi connectivity index (χ2v) is 6.43. The summed E-state index contributed by atoms with van der Waals surface area (Å²) in [5.74, 6) is -0.995. The van der Waals surface area contributed by atoms with E-state index < -0.39 is 5.97 Å². The smallest absolute Gasteiger partial charge is 0.338 e. The maximum atomic E-state index is 12.7. The predicted molar refractivity (Wildman–Crippen MR) is 89.5 cm³/mol. The number of hydrogen-bond acceptors (Lipinski definition) is 3. The molecule has 0 radical (unpaired) electrons. The van der Waals surface area contributed by atoms with E-state index >= 15 is 0 Å². The third kappa shape index (κ3) is 3.28. The summed E-state index contributed by atoms with van der Waals surface area (Å²) < 4.78 is 1.69. The molecular weight excluding hydrogens is 330 g/mol. The first-order chi connectivity index (χ1) is 11.5. The molecule has 3 rings (SSSR count). The first-order valence-corrected chi connectivity index (χ1v) is 8.16. The lowest BCUT2D eigenvalue weighted by molar-refractivity contribution is 0.0687. The van der Waals surface area contributed by atoms with Gasteiger partial charge in [0.05, 0.1) is 17.8 Å². The standard InChI is InChI=1S/C17H18ClN3O3/c1-11-2-3-13(18)8-15(11)16(22)20-6-4-14(5-7-20)21-10-12(9-19-21)17(23)24/h2-3,8-10,14H,4-7H2,1H3,(H,23,24). The van der Waals surface area contributed by atoms with Crippen molar-refractivity contribution in [1.29, 1.82) is 0 Å². The summed E-state index contributed by atoms with van der Waals surface area (Å²) in [6, 6.07) is 5.44. The van der Waals surface area contributed by atoms with Crippen molar-refractivity contribution in [1.82, 2.24) is 14.7 Å². The molecule has 1 N–H and O–H groups in total. The highest BCUT2D eigenvalue weighted by Crippen LogP contribution is 2.25. The maximum absolute atomic E-state index is 12.7. The van der Waals surface area contributed by atoms with Crippen molar-refractivity contribution < 1.29 is 14.7 Å². The summed E-state index contributed by atoms with van der Waals surface area (Å²) in [6.07, 6.45) is 4.39. The zero-order valence-electron chi connectivity index (χ0n) is 13.3. The van der Waals surface area contributed by atoms with Gasteiger partial charge in [-0.15, -0.1) is 0 Å². The number of nitrogens with zero attached hydrogens (tertiary/aromatic N) is 3. The van der Waals surface area contributed by atoms with Gasteiger partial charge in [-0.3, -0.25) is 9.48 Å². The quantitative estimate of drug-likeness (QED) is 0.926. The predicted octanol–water partition coefficient (Wildman–Crippen LogP) is 3.02. The Bertz CT molecular complexity index is 779. The molecule has 1 aliphatic heterocycles. The molecule has 24 heavy (non-hydrogen) atoms. The average molecular weight is 348 g/mol. The Balaban J connectivity index is 1.67. The molecule has 2 heterocycles. The summed E-state index contributed by atoms with van der Waals surface area (Å²) in [6.45, 7) is 3.11. The third-order valence-electron chi connectivity index (χ3n) is 4.40. The Morgan fingerprint density at radius 3 is 2.62 bits per heavy atom. The van der Waals surface area contributed by atoms with Gasteiger partial charge in [-0.25, -0.2) is 4.79 Å². The molecule has 1 fully saturated rings. The van der Waals surface area contributed by atoms with Crippen molar-refractivity contribution in [3.8, 4) is 0 Å². The van der Waals surface area contributed by atoms with Gasteiger partial charge in [0.1, 0.15) is 0 Å². The summed E-state index contributed by atoms with van der Waals surface area (Å²) in [5.41, 5.74) is 1.72. The van der Waals surface area contributed by atoms with Crippen LogP contribution in [0.5, 0.6) is 0 Å². The Morgan fingerprint density at radius 2 is 2.00 bits per heavy atom. The highest BCUT2D eigenvalue weighted by atomic mass is 35.5. The summed E-state index contributed by atoms with van der Waals surface area (Å²) >= 11 is 6.00. The first-order valence-electron chi connectivity index (χ1n) is 7.78. The normalized spacial score (nSPS) is 15.5. The van der Waals surface area contributed by atoms with Crippen LogP contribution >= 0.6 is 11.6 Å². The number of likely N-dealkylation sites (tertiary alicyclic amines) is 1. The molecular formula is C17H18ClN3O3. The van der Waals surface area contributed by atoms with Crippen LogP contribution in [0.2, 0.25) is 5.02 Å². The van der Waals surface area contributed by atoms with E-state index in [2.05, 4.69) is 5.10 Å². The molecule has 2 aromatic rings. The number of aromatic nitrogens is 2. The van der Waals surface area contributed by atoms with Crippen LogP contribution in [0, 0.1) is 6.92 Å². The van der Waals surface area contributed by atoms with Gasteiger partial charge < -0.3 is 10.0 Å². The van der Waals surface area contributed by atoms with Gasteiger partial charge in [0, 0.05) is 29.9 Å². The van der Waals surface area contributed by atoms with Crippen LogP contribution in [-0.2, 0) is 0 Å². The zero-order valence-corrected chi connectivity index (χ0v) is 14.0. The molecule has 1 aliphatic rings. The number of aromatic carboxylic acids is 1. The van der Waals surface area contributed by atoms with E-state index in [9.17, 15) is 9.59 Å². The molecule has 1 aromatic carbocycles. The molecule has 1 aromatic heterocycles. The van der Waals surface area contributed by atoms with E-state index in [4.69, 9.17) is 16.7 Å².